The van der Waals surface area contributed by atoms with Gasteiger partial charge >= 0.3 is 0 Å². The highest BCUT2D eigenvalue weighted by molar-refractivity contribution is 5.89. The Balaban J connectivity index is 0.967. The highest BCUT2D eigenvalue weighted by atomic mass is 15.0. The molecule has 0 atom stereocenters. The van der Waals surface area contributed by atoms with Crippen LogP contribution in [0.5, 0.6) is 0 Å². The number of benzene rings is 9. The Labute approximate surface area is 389 Å². The molecule has 1 aliphatic carbocycles. The molecule has 0 aliphatic heterocycles. The molecule has 0 fully saturated rings. The van der Waals surface area contributed by atoms with Crippen molar-refractivity contribution >= 4 is 0 Å². The lowest BCUT2D eigenvalue weighted by Gasteiger charge is -2.33. The first kappa shape index (κ1) is 39.6. The molecule has 5 nitrogen and oxygen atoms in total. The van der Waals surface area contributed by atoms with E-state index >= 15 is 0 Å². The van der Waals surface area contributed by atoms with E-state index in [0.29, 0.717) is 23.3 Å². The molecule has 2 heterocycles. The standard InChI is InChI=1S/C62H41N5/c1-6-20-42(21-7-1)56-41-57(64-58(63-56)43-22-8-2-9-23-43)47-28-18-26-45(38-47)46-27-19-29-48(39-46)60-65-59(44-24-10-3-11-25-44)66-61(67-60)49-36-37-55-53(40-49)52-34-16-17-35-54(52)62(55,50-30-12-4-13-31-50)51-32-14-5-15-33-51/h1-41H. The lowest BCUT2D eigenvalue weighted by atomic mass is 9.67. The normalized spacial score (nSPS) is 12.3. The van der Waals surface area contributed by atoms with Crippen molar-refractivity contribution in [2.45, 2.75) is 5.41 Å². The molecule has 11 aromatic rings. The number of aromatic nitrogens is 5. The lowest BCUT2D eigenvalue weighted by Crippen LogP contribution is -2.28. The first-order valence-corrected chi connectivity index (χ1v) is 22.6. The quantitative estimate of drug-likeness (QED) is 0.145. The summed E-state index contributed by atoms with van der Waals surface area (Å²) in [6.07, 6.45) is 0. The fourth-order valence-corrected chi connectivity index (χ4v) is 9.70. The first-order valence-electron chi connectivity index (χ1n) is 22.6. The van der Waals surface area contributed by atoms with Gasteiger partial charge in [-0.05, 0) is 68.8 Å². The SMILES string of the molecule is c1ccc(-c2cc(-c3cccc(-c4cccc(-c5nc(-c6ccccc6)nc(-c6ccc7c(c6)-c6ccccc6C7(c6ccccc6)c6ccccc6)n5)c4)c3)nc(-c3ccccc3)n2)cc1. The van der Waals surface area contributed by atoms with Crippen LogP contribution in [-0.2, 0) is 5.41 Å². The second-order valence-electron chi connectivity index (χ2n) is 16.8. The van der Waals surface area contributed by atoms with Crippen molar-refractivity contribution in [2.24, 2.45) is 0 Å². The summed E-state index contributed by atoms with van der Waals surface area (Å²) in [4.78, 5) is 25.7. The topological polar surface area (TPSA) is 64.5 Å². The predicted octanol–water partition coefficient (Wildman–Crippen LogP) is 14.7. The summed E-state index contributed by atoms with van der Waals surface area (Å²) >= 11 is 0. The highest BCUT2D eigenvalue weighted by Crippen LogP contribution is 2.56. The molecule has 0 spiro atoms. The Morgan fingerprint density at radius 3 is 1.19 bits per heavy atom. The third-order valence-corrected chi connectivity index (χ3v) is 12.8. The smallest absolute Gasteiger partial charge is 0.164 e. The van der Waals surface area contributed by atoms with E-state index in [0.717, 1.165) is 55.9 Å². The van der Waals surface area contributed by atoms with Crippen molar-refractivity contribution in [2.75, 3.05) is 0 Å². The lowest BCUT2D eigenvalue weighted by molar-refractivity contribution is 0.768. The molecule has 314 valence electrons. The minimum atomic E-state index is -0.494. The van der Waals surface area contributed by atoms with Gasteiger partial charge in [-0.1, -0.05) is 224 Å². The van der Waals surface area contributed by atoms with Gasteiger partial charge in [0.05, 0.1) is 16.8 Å². The molecule has 2 aromatic heterocycles. The van der Waals surface area contributed by atoms with Crippen LogP contribution in [0.3, 0.4) is 0 Å². The molecule has 0 saturated carbocycles. The van der Waals surface area contributed by atoms with E-state index < -0.39 is 5.41 Å². The van der Waals surface area contributed by atoms with Crippen molar-refractivity contribution in [3.8, 4) is 90.3 Å². The molecule has 0 bridgehead atoms. The molecule has 67 heavy (non-hydrogen) atoms. The van der Waals surface area contributed by atoms with Gasteiger partial charge in [0.2, 0.25) is 0 Å². The maximum absolute atomic E-state index is 5.27. The molecular formula is C62H41N5. The van der Waals surface area contributed by atoms with Crippen LogP contribution in [0.15, 0.2) is 249 Å². The van der Waals surface area contributed by atoms with Crippen LogP contribution in [0.2, 0.25) is 0 Å². The molecule has 0 saturated heterocycles. The van der Waals surface area contributed by atoms with E-state index in [2.05, 4.69) is 194 Å². The molecule has 12 rings (SSSR count). The number of rotatable bonds is 9. The summed E-state index contributed by atoms with van der Waals surface area (Å²) < 4.78 is 0. The Morgan fingerprint density at radius 1 is 0.224 bits per heavy atom. The monoisotopic (exact) mass is 855 g/mol. The zero-order chi connectivity index (χ0) is 44.6. The van der Waals surface area contributed by atoms with Crippen molar-refractivity contribution in [1.82, 2.24) is 24.9 Å². The van der Waals surface area contributed by atoms with Gasteiger partial charge in [0, 0.05) is 33.4 Å². The summed E-state index contributed by atoms with van der Waals surface area (Å²) in [5, 5.41) is 0. The number of hydrogen-bond acceptors (Lipinski definition) is 5. The van der Waals surface area contributed by atoms with Gasteiger partial charge in [0.15, 0.2) is 23.3 Å². The van der Waals surface area contributed by atoms with E-state index in [9.17, 15) is 0 Å². The van der Waals surface area contributed by atoms with Gasteiger partial charge in [0.25, 0.3) is 0 Å². The highest BCUT2D eigenvalue weighted by Gasteiger charge is 2.46. The molecule has 0 N–H and O–H groups in total. The van der Waals surface area contributed by atoms with Crippen LogP contribution in [0.25, 0.3) is 90.3 Å². The summed E-state index contributed by atoms with van der Waals surface area (Å²) in [5.74, 6) is 2.51. The van der Waals surface area contributed by atoms with Crippen LogP contribution >= 0.6 is 0 Å². The predicted molar refractivity (Wildman–Crippen MR) is 271 cm³/mol. The summed E-state index contributed by atoms with van der Waals surface area (Å²) in [6, 6.07) is 87.0. The fraction of sp³-hybridized carbons (Fsp3) is 0.0161. The first-order chi connectivity index (χ1) is 33.2. The zero-order valence-corrected chi connectivity index (χ0v) is 36.4. The second-order valence-corrected chi connectivity index (χ2v) is 16.8. The maximum atomic E-state index is 5.27. The Morgan fingerprint density at radius 2 is 0.612 bits per heavy atom. The van der Waals surface area contributed by atoms with Crippen molar-refractivity contribution in [1.29, 1.82) is 0 Å². The van der Waals surface area contributed by atoms with E-state index in [1.807, 2.05) is 54.6 Å². The van der Waals surface area contributed by atoms with E-state index in [1.165, 1.54) is 33.4 Å². The van der Waals surface area contributed by atoms with Crippen molar-refractivity contribution in [3.05, 3.63) is 271 Å². The van der Waals surface area contributed by atoms with Gasteiger partial charge in [-0.2, -0.15) is 0 Å². The minimum absolute atomic E-state index is 0.494. The summed E-state index contributed by atoms with van der Waals surface area (Å²) in [5.41, 5.74) is 16.4. The third kappa shape index (κ3) is 7.20. The molecule has 1 aliphatic rings. The number of fused-ring (bicyclic) bond motifs is 3. The Bertz CT molecular complexity index is 3460. The maximum Gasteiger partial charge on any atom is 0.164 e. The second kappa shape index (κ2) is 16.9. The van der Waals surface area contributed by atoms with Gasteiger partial charge in [-0.3, -0.25) is 0 Å². The van der Waals surface area contributed by atoms with Crippen LogP contribution in [0, 0.1) is 0 Å². The Kier molecular flexibility index (Phi) is 9.99. The van der Waals surface area contributed by atoms with Crippen molar-refractivity contribution < 1.29 is 0 Å². The molecule has 5 heteroatoms. The minimum Gasteiger partial charge on any atom is -0.228 e. The zero-order valence-electron chi connectivity index (χ0n) is 36.4. The summed E-state index contributed by atoms with van der Waals surface area (Å²) in [6.45, 7) is 0. The van der Waals surface area contributed by atoms with Crippen LogP contribution in [-0.4, -0.2) is 24.9 Å². The number of nitrogens with zero attached hydrogens (tertiary/aromatic N) is 5. The Hall–Kier alpha value is -8.93. The van der Waals surface area contributed by atoms with Gasteiger partial charge in [-0.15, -0.1) is 0 Å². The molecular weight excluding hydrogens is 815 g/mol. The summed E-state index contributed by atoms with van der Waals surface area (Å²) in [7, 11) is 0. The van der Waals surface area contributed by atoms with E-state index in [-0.39, 0.29) is 0 Å². The van der Waals surface area contributed by atoms with Gasteiger partial charge < -0.3 is 0 Å². The molecule has 0 radical (unpaired) electrons. The fourth-order valence-electron chi connectivity index (χ4n) is 9.70. The van der Waals surface area contributed by atoms with Gasteiger partial charge in [0.1, 0.15) is 0 Å². The van der Waals surface area contributed by atoms with Crippen LogP contribution in [0.4, 0.5) is 0 Å². The number of hydrogen-bond donors (Lipinski definition) is 0. The molecule has 0 amide bonds. The van der Waals surface area contributed by atoms with Gasteiger partial charge in [-0.25, -0.2) is 24.9 Å². The van der Waals surface area contributed by atoms with Crippen LogP contribution in [0.1, 0.15) is 22.3 Å². The van der Waals surface area contributed by atoms with E-state index in [1.54, 1.807) is 0 Å². The van der Waals surface area contributed by atoms with E-state index in [4.69, 9.17) is 24.9 Å². The van der Waals surface area contributed by atoms with Crippen LogP contribution < -0.4 is 0 Å². The van der Waals surface area contributed by atoms with Crippen molar-refractivity contribution in [3.63, 3.8) is 0 Å². The average molecular weight is 856 g/mol. The average Bonchev–Trinajstić information content (AvgIpc) is 3.72. The third-order valence-electron chi connectivity index (χ3n) is 12.8. The molecule has 0 unspecified atom stereocenters. The molecule has 9 aromatic carbocycles. The largest absolute Gasteiger partial charge is 0.228 e.